The molecule has 4 aromatic carbocycles. The van der Waals surface area contributed by atoms with Gasteiger partial charge in [0.15, 0.2) is 0 Å². The van der Waals surface area contributed by atoms with E-state index in [9.17, 15) is 9.50 Å². The van der Waals surface area contributed by atoms with Crippen LogP contribution in [0.2, 0.25) is 0 Å². The van der Waals surface area contributed by atoms with Gasteiger partial charge >= 0.3 is 5.01 Å². The normalized spacial score (nSPS) is 11.0. The highest BCUT2D eigenvalue weighted by Crippen LogP contribution is 2.39. The summed E-state index contributed by atoms with van der Waals surface area (Å²) < 4.78 is 15.2. The van der Waals surface area contributed by atoms with Crippen molar-refractivity contribution in [2.45, 2.75) is 0 Å². The van der Waals surface area contributed by atoms with E-state index in [-0.39, 0.29) is 11.6 Å². The molecule has 0 aliphatic carbocycles. The van der Waals surface area contributed by atoms with Crippen LogP contribution in [0.1, 0.15) is 0 Å². The molecule has 30 heavy (non-hydrogen) atoms. The van der Waals surface area contributed by atoms with Crippen LogP contribution in [0.5, 0.6) is 5.75 Å². The molecule has 4 nitrogen and oxygen atoms in total. The molecule has 1 heterocycles. The smallest absolute Gasteiger partial charge is 0.309 e. The summed E-state index contributed by atoms with van der Waals surface area (Å²) in [6.45, 7) is 0. The average Bonchev–Trinajstić information content (AvgIpc) is 3.18. The zero-order valence-corrected chi connectivity index (χ0v) is 16.6. The highest BCUT2D eigenvalue weighted by atomic mass is 32.1. The first kappa shape index (κ1) is 18.3. The van der Waals surface area contributed by atoms with E-state index in [1.165, 1.54) is 23.5 Å². The van der Waals surface area contributed by atoms with Gasteiger partial charge < -0.3 is 10.4 Å². The summed E-state index contributed by atoms with van der Waals surface area (Å²) in [4.78, 5) is 0. The van der Waals surface area contributed by atoms with Gasteiger partial charge in [0.2, 0.25) is 5.69 Å². The fourth-order valence-corrected chi connectivity index (χ4v) is 4.41. The fourth-order valence-electron chi connectivity index (χ4n) is 3.39. The Morgan fingerprint density at radius 1 is 0.833 bits per heavy atom. The van der Waals surface area contributed by atoms with Crippen molar-refractivity contribution in [3.8, 4) is 22.0 Å². The fraction of sp³-hybridized carbons (Fsp3) is 0. The van der Waals surface area contributed by atoms with Crippen LogP contribution in [0, 0.1) is 5.82 Å². The topological polar surface area (TPSA) is 49.0 Å². The van der Waals surface area contributed by atoms with E-state index in [2.05, 4.69) is 5.32 Å². The van der Waals surface area contributed by atoms with Crippen LogP contribution >= 0.6 is 11.3 Å². The molecule has 5 aromatic rings. The number of nitrogens with one attached hydrogen (secondary N) is 1. The number of nitrogens with zero attached hydrogens (tertiary/aromatic N) is 2. The maximum absolute atomic E-state index is 13.5. The molecule has 146 valence electrons. The van der Waals surface area contributed by atoms with Gasteiger partial charge in [-0.3, -0.25) is 0 Å². The van der Waals surface area contributed by atoms with Crippen molar-refractivity contribution >= 4 is 32.9 Å². The summed E-state index contributed by atoms with van der Waals surface area (Å²) >= 11 is 1.42. The summed E-state index contributed by atoms with van der Waals surface area (Å²) in [5, 5.41) is 22.1. The molecule has 2 N–H and O–H groups in total. The molecule has 0 atom stereocenters. The van der Waals surface area contributed by atoms with Crippen molar-refractivity contribution in [1.82, 2.24) is 5.10 Å². The van der Waals surface area contributed by atoms with Crippen LogP contribution in [-0.2, 0) is 0 Å². The van der Waals surface area contributed by atoms with E-state index in [1.807, 2.05) is 60.7 Å². The number of phenols is 1. The van der Waals surface area contributed by atoms with Crippen molar-refractivity contribution in [2.75, 3.05) is 5.32 Å². The Bertz CT molecular complexity index is 1330. The maximum atomic E-state index is 13.5. The Morgan fingerprint density at radius 2 is 1.57 bits per heavy atom. The molecule has 0 unspecified atom stereocenters. The number of fused-ring (bicyclic) bond motifs is 1. The molecule has 0 fully saturated rings. The van der Waals surface area contributed by atoms with Crippen molar-refractivity contribution in [3.63, 3.8) is 0 Å². The third-order valence-corrected chi connectivity index (χ3v) is 5.74. The minimum atomic E-state index is -0.313. The van der Waals surface area contributed by atoms with E-state index in [1.54, 1.807) is 22.9 Å². The molecule has 1 aromatic heterocycles. The summed E-state index contributed by atoms with van der Waals surface area (Å²) in [6, 6.07) is 27.4. The lowest BCUT2D eigenvalue weighted by Gasteiger charge is -2.05. The Morgan fingerprint density at radius 3 is 2.37 bits per heavy atom. The van der Waals surface area contributed by atoms with Gasteiger partial charge in [0.1, 0.15) is 17.1 Å². The number of phenolic OH excluding ortho intramolecular Hbond substituents is 1. The Balaban J connectivity index is 1.73. The van der Waals surface area contributed by atoms with Gasteiger partial charge in [0.05, 0.1) is 0 Å². The number of halogens is 1. The van der Waals surface area contributed by atoms with E-state index < -0.39 is 0 Å². The van der Waals surface area contributed by atoms with E-state index in [0.29, 0.717) is 16.4 Å². The number of aromatic hydroxyl groups is 1. The van der Waals surface area contributed by atoms with Gasteiger partial charge in [-0.25, -0.2) is 4.39 Å². The quantitative estimate of drug-likeness (QED) is 0.364. The van der Waals surface area contributed by atoms with Crippen molar-refractivity contribution in [2.24, 2.45) is 0 Å². The zero-order chi connectivity index (χ0) is 20.5. The van der Waals surface area contributed by atoms with E-state index in [0.717, 1.165) is 21.5 Å². The van der Waals surface area contributed by atoms with Gasteiger partial charge in [-0.1, -0.05) is 48.5 Å². The highest BCUT2D eigenvalue weighted by molar-refractivity contribution is 7.18. The monoisotopic (exact) mass is 414 g/mol. The molecule has 0 radical (unpaired) electrons. The van der Waals surface area contributed by atoms with E-state index in [4.69, 9.17) is 5.10 Å². The minimum absolute atomic E-state index is 0.166. The van der Waals surface area contributed by atoms with Crippen molar-refractivity contribution in [3.05, 3.63) is 96.8 Å². The molecule has 0 saturated heterocycles. The van der Waals surface area contributed by atoms with Crippen LogP contribution in [-0.4, -0.2) is 10.2 Å². The van der Waals surface area contributed by atoms with Gasteiger partial charge in [-0.15, -0.1) is 0 Å². The number of benzene rings is 4. The second-order valence-electron chi connectivity index (χ2n) is 6.77. The minimum Gasteiger partial charge on any atom is -0.507 e. The predicted octanol–water partition coefficient (Wildman–Crippen LogP) is 5.83. The number of anilines is 2. The molecular weight excluding hydrogens is 397 g/mol. The van der Waals surface area contributed by atoms with Crippen molar-refractivity contribution in [1.29, 1.82) is 0 Å². The first-order valence-electron chi connectivity index (χ1n) is 9.41. The highest BCUT2D eigenvalue weighted by Gasteiger charge is 2.28. The van der Waals surface area contributed by atoms with Gasteiger partial charge in [-0.05, 0) is 51.7 Å². The predicted molar refractivity (Wildman–Crippen MR) is 118 cm³/mol. The summed E-state index contributed by atoms with van der Waals surface area (Å²) in [5.41, 5.74) is 2.30. The lowest BCUT2D eigenvalue weighted by molar-refractivity contribution is -0.642. The summed E-state index contributed by atoms with van der Waals surface area (Å²) in [5.74, 6) is -0.147. The molecule has 6 heteroatoms. The van der Waals surface area contributed by atoms with Crippen LogP contribution in [0.25, 0.3) is 27.0 Å². The lowest BCUT2D eigenvalue weighted by atomic mass is 10.0. The molecule has 5 rings (SSSR count). The van der Waals surface area contributed by atoms with Gasteiger partial charge in [0.25, 0.3) is 5.13 Å². The first-order valence-corrected chi connectivity index (χ1v) is 10.2. The van der Waals surface area contributed by atoms with Crippen LogP contribution in [0.4, 0.5) is 15.2 Å². The van der Waals surface area contributed by atoms with E-state index >= 15 is 0 Å². The Hall–Kier alpha value is -3.77. The van der Waals surface area contributed by atoms with Gasteiger partial charge in [0, 0.05) is 28.3 Å². The zero-order valence-electron chi connectivity index (χ0n) is 15.8. The second kappa shape index (κ2) is 7.57. The Kier molecular flexibility index (Phi) is 4.61. The molecular formula is C24H17FN3OS+. The number of para-hydroxylation sites is 1. The molecule has 0 amide bonds. The third kappa shape index (κ3) is 3.38. The lowest BCUT2D eigenvalue weighted by Crippen LogP contribution is -2.34. The second-order valence-corrected chi connectivity index (χ2v) is 7.75. The molecule has 0 saturated carbocycles. The largest absolute Gasteiger partial charge is 0.507 e. The van der Waals surface area contributed by atoms with Crippen LogP contribution in [0.3, 0.4) is 0 Å². The number of rotatable bonds is 4. The Labute approximate surface area is 176 Å². The SMILES string of the molecule is Oc1ccc2ccccc2c1-c1sc(Nc2ccccc2)n[n+]1-c1ccc(F)cc1. The summed E-state index contributed by atoms with van der Waals surface area (Å²) in [7, 11) is 0. The average molecular weight is 414 g/mol. The van der Waals surface area contributed by atoms with Crippen molar-refractivity contribution < 1.29 is 14.2 Å². The first-order chi connectivity index (χ1) is 14.7. The third-order valence-electron chi connectivity index (χ3n) is 4.79. The molecule has 0 aliphatic heterocycles. The number of hydrogen-bond acceptors (Lipinski definition) is 4. The number of hydrogen-bond donors (Lipinski definition) is 2. The van der Waals surface area contributed by atoms with Crippen LogP contribution in [0.15, 0.2) is 91.0 Å². The standard InChI is InChI=1S/C24H16FN3OS/c25-17-11-13-19(14-12-17)28-23(30-24(27-28)26-18-7-2-1-3-8-18)22-20-9-5-4-6-16(20)10-15-21(22)29/h1-15H,(H,26,27)/p+1. The van der Waals surface area contributed by atoms with Gasteiger partial charge in [-0.2, -0.15) is 0 Å². The summed E-state index contributed by atoms with van der Waals surface area (Å²) in [6.07, 6.45) is 0. The maximum Gasteiger partial charge on any atom is 0.309 e. The molecule has 0 spiro atoms. The molecule has 0 aliphatic rings. The number of aromatic nitrogens is 2. The van der Waals surface area contributed by atoms with Crippen LogP contribution < -0.4 is 10.00 Å². The molecule has 0 bridgehead atoms.